The number of fused-ring (bicyclic) bond motifs is 3. The van der Waals surface area contributed by atoms with Crippen LogP contribution in [-0.2, 0) is 4.28 Å². The topological polar surface area (TPSA) is 0 Å². The number of hydrogen-bond acceptors (Lipinski definition) is 0. The zero-order chi connectivity index (χ0) is 24.2. The van der Waals surface area contributed by atoms with Crippen LogP contribution in [0.4, 0.5) is 0 Å². The van der Waals surface area contributed by atoms with Gasteiger partial charge in [-0.2, -0.15) is 0 Å². The second-order valence-corrected chi connectivity index (χ2v) is 64.3. The lowest BCUT2D eigenvalue weighted by Crippen LogP contribution is -3.04. The predicted molar refractivity (Wildman–Crippen MR) is 162 cm³/mol. The molecule has 0 saturated carbocycles. The summed E-state index contributed by atoms with van der Waals surface area (Å²) in [4.78, 5) is 1.22. The highest BCUT2D eigenvalue weighted by atomic mass is 29.4. The number of benzene rings is 2. The molecule has 2 aromatic rings. The highest BCUT2D eigenvalue weighted by Gasteiger charge is 2.87. The molecule has 2 bridgehead atoms. The van der Waals surface area contributed by atoms with E-state index in [1.165, 1.54) is 15.9 Å². The molecule has 0 unspecified atom stereocenters. The van der Waals surface area contributed by atoms with Crippen LogP contribution in [-0.4, -0.2) is 45.5 Å². The molecule has 0 spiro atoms. The first kappa shape index (κ1) is 24.9. The highest BCUT2D eigenvalue weighted by molar-refractivity contribution is 7.76. The average molecular weight is 527 g/mol. The molecule has 2 aromatic carbocycles. The van der Waals surface area contributed by atoms with E-state index in [4.69, 9.17) is 0 Å². The molecular formula is C26H46Si6. The van der Waals surface area contributed by atoms with Crippen LogP contribution in [0, 0.1) is 0 Å². The molecule has 0 atom stereocenters. The van der Waals surface area contributed by atoms with Crippen molar-refractivity contribution < 1.29 is 0 Å². The fourth-order valence-electron chi connectivity index (χ4n) is 10.2. The van der Waals surface area contributed by atoms with Crippen molar-refractivity contribution in [3.8, 4) is 11.1 Å². The molecule has 6 heteroatoms. The Hall–Kier alpha value is -0.259. The van der Waals surface area contributed by atoms with E-state index in [0.717, 1.165) is 0 Å². The Morgan fingerprint density at radius 2 is 0.812 bits per heavy atom. The molecule has 0 N–H and O–H groups in total. The summed E-state index contributed by atoms with van der Waals surface area (Å²) in [6.45, 7) is 34.7. The van der Waals surface area contributed by atoms with Crippen molar-refractivity contribution in [1.29, 1.82) is 0 Å². The first-order valence-corrected chi connectivity index (χ1v) is 33.8. The zero-order valence-corrected chi connectivity index (χ0v) is 28.8. The highest BCUT2D eigenvalue weighted by Crippen LogP contribution is 2.71. The lowest BCUT2D eigenvalue weighted by molar-refractivity contribution is 1.02. The standard InChI is InChI=1S/C26H46Si6/c1-27(2)25-28(3,4)31(9,10)26(30(27,7)8,32(11,12)29(25,5)6)24-20-18-23(19-21-24)22-16-14-13-15-17-22/h13-21,25H,1-12H3. The summed E-state index contributed by atoms with van der Waals surface area (Å²) >= 11 is 0. The molecule has 32 heavy (non-hydrogen) atoms. The van der Waals surface area contributed by atoms with Crippen LogP contribution >= 0.6 is 0 Å². The smallest absolute Gasteiger partial charge is 0.0461 e. The van der Waals surface area contributed by atoms with Gasteiger partial charge in [0.2, 0.25) is 0 Å². The molecule has 174 valence electrons. The fraction of sp³-hybridized carbons (Fsp3) is 0.538. The normalized spacial score (nSPS) is 32.4. The largest absolute Gasteiger partial charge is 0.0715 e. The van der Waals surface area contributed by atoms with Crippen molar-refractivity contribution in [2.24, 2.45) is 0 Å². The van der Waals surface area contributed by atoms with Gasteiger partial charge in [0.1, 0.15) is 0 Å². The summed E-state index contributed by atoms with van der Waals surface area (Å²) in [6.07, 6.45) is 0. The van der Waals surface area contributed by atoms with Gasteiger partial charge in [-0.1, -0.05) is 144 Å². The summed E-state index contributed by atoms with van der Waals surface area (Å²) in [5.74, 6) is 0. The Bertz CT molecular complexity index is 962. The van der Waals surface area contributed by atoms with Crippen molar-refractivity contribution in [3.63, 3.8) is 0 Å². The van der Waals surface area contributed by atoms with E-state index in [2.05, 4.69) is 133 Å². The average Bonchev–Trinajstić information content (AvgIpc) is 2.66. The second kappa shape index (κ2) is 6.91. The van der Waals surface area contributed by atoms with Crippen LogP contribution in [0.2, 0.25) is 83.4 Å². The van der Waals surface area contributed by atoms with Crippen molar-refractivity contribution in [3.05, 3.63) is 60.2 Å². The third kappa shape index (κ3) is 2.47. The molecule has 3 heterocycles. The SMILES string of the molecule is C[Si]1(C)C2[Si](C)(C)[Si](C)(C)C(c3ccc(-c4ccccc4)cc3)([Si]1(C)C)[Si](C)(C)[Si]2(C)C. The fourth-order valence-corrected chi connectivity index (χ4v) is 155. The van der Waals surface area contributed by atoms with Crippen LogP contribution < -0.4 is 0 Å². The molecular weight excluding hydrogens is 481 g/mol. The van der Waals surface area contributed by atoms with Gasteiger partial charge in [0.15, 0.2) is 0 Å². The van der Waals surface area contributed by atoms with Gasteiger partial charge in [-0.3, -0.25) is 0 Å². The molecule has 3 fully saturated rings. The summed E-state index contributed by atoms with van der Waals surface area (Å²) in [6, 6.07) is 21.2. The van der Waals surface area contributed by atoms with Crippen LogP contribution in [0.25, 0.3) is 11.1 Å². The summed E-state index contributed by atoms with van der Waals surface area (Å²) in [5.41, 5.74) is 4.55. The van der Waals surface area contributed by atoms with Gasteiger partial charge in [-0.05, 0) is 15.4 Å². The summed E-state index contributed by atoms with van der Waals surface area (Å²) < 4.78 is 0.609. The van der Waals surface area contributed by atoms with Crippen molar-refractivity contribution in [2.75, 3.05) is 0 Å². The van der Waals surface area contributed by atoms with Gasteiger partial charge in [0, 0.05) is 45.5 Å². The summed E-state index contributed by atoms with van der Waals surface area (Å²) in [7, 11) is -8.55. The van der Waals surface area contributed by atoms with Crippen molar-refractivity contribution in [1.82, 2.24) is 0 Å². The Labute approximate surface area is 203 Å². The quantitative estimate of drug-likeness (QED) is 0.346. The lowest BCUT2D eigenvalue weighted by atomic mass is 10.0. The lowest BCUT2D eigenvalue weighted by Gasteiger charge is -2.85. The minimum atomic E-state index is -1.50. The molecule has 5 rings (SSSR count). The molecule has 0 amide bonds. The van der Waals surface area contributed by atoms with Crippen molar-refractivity contribution >= 4 is 45.5 Å². The number of rotatable bonds is 2. The molecule has 3 aliphatic rings. The van der Waals surface area contributed by atoms with E-state index < -0.39 is 45.5 Å². The first-order chi connectivity index (χ1) is 14.4. The van der Waals surface area contributed by atoms with E-state index in [9.17, 15) is 0 Å². The van der Waals surface area contributed by atoms with E-state index in [-0.39, 0.29) is 0 Å². The second-order valence-electron chi connectivity index (χ2n) is 14.2. The van der Waals surface area contributed by atoms with E-state index >= 15 is 0 Å². The van der Waals surface area contributed by atoms with E-state index in [1.54, 1.807) is 0 Å². The van der Waals surface area contributed by atoms with Crippen LogP contribution in [0.15, 0.2) is 54.6 Å². The Balaban J connectivity index is 2.08. The van der Waals surface area contributed by atoms with Gasteiger partial charge < -0.3 is 0 Å². The van der Waals surface area contributed by atoms with Crippen molar-refractivity contribution in [2.45, 2.75) is 87.6 Å². The molecule has 0 nitrogen and oxygen atoms in total. The Morgan fingerprint density at radius 3 is 1.19 bits per heavy atom. The third-order valence-electron chi connectivity index (χ3n) is 12.2. The van der Waals surface area contributed by atoms with E-state index in [1.807, 2.05) is 5.56 Å². The van der Waals surface area contributed by atoms with Gasteiger partial charge >= 0.3 is 0 Å². The molecule has 0 aliphatic carbocycles. The van der Waals surface area contributed by atoms with Crippen LogP contribution in [0.1, 0.15) is 5.56 Å². The predicted octanol–water partition coefficient (Wildman–Crippen LogP) is 8.17. The molecule has 0 radical (unpaired) electrons. The van der Waals surface area contributed by atoms with Crippen LogP contribution in [0.5, 0.6) is 0 Å². The zero-order valence-electron chi connectivity index (χ0n) is 22.8. The van der Waals surface area contributed by atoms with Gasteiger partial charge in [-0.25, -0.2) is 0 Å². The van der Waals surface area contributed by atoms with Gasteiger partial charge in [-0.15, -0.1) is 0 Å². The monoisotopic (exact) mass is 526 g/mol. The molecule has 3 aliphatic heterocycles. The van der Waals surface area contributed by atoms with E-state index in [0.29, 0.717) is 4.28 Å². The molecule has 0 aromatic heterocycles. The minimum Gasteiger partial charge on any atom is -0.0715 e. The summed E-state index contributed by atoms with van der Waals surface area (Å²) in [5, 5.41) is 0. The number of hydrogen-bond donors (Lipinski definition) is 0. The maximum atomic E-state index is 2.90. The maximum Gasteiger partial charge on any atom is 0.0461 e. The Kier molecular flexibility index (Phi) is 5.36. The van der Waals surface area contributed by atoms with Gasteiger partial charge in [0.25, 0.3) is 0 Å². The Morgan fingerprint density at radius 1 is 0.469 bits per heavy atom. The van der Waals surface area contributed by atoms with Gasteiger partial charge in [0.05, 0.1) is 0 Å². The molecule has 3 saturated heterocycles. The minimum absolute atomic E-state index is 0.609. The maximum absolute atomic E-state index is 2.90. The first-order valence-electron chi connectivity index (χ1n) is 12.6. The third-order valence-corrected chi connectivity index (χ3v) is 102. The van der Waals surface area contributed by atoms with Crippen LogP contribution in [0.3, 0.4) is 0 Å².